The van der Waals surface area contributed by atoms with Crippen molar-refractivity contribution in [1.29, 1.82) is 0 Å². The molecule has 0 aliphatic heterocycles. The molecule has 0 saturated heterocycles. The smallest absolute Gasteiger partial charge is 0.0173 e. The van der Waals surface area contributed by atoms with Gasteiger partial charge in [0.2, 0.25) is 0 Å². The summed E-state index contributed by atoms with van der Waals surface area (Å²) < 4.78 is 0. The van der Waals surface area contributed by atoms with E-state index in [0.29, 0.717) is 30.2 Å². The van der Waals surface area contributed by atoms with Crippen LogP contribution in [0.2, 0.25) is 0 Å². The average molecular weight is 313 g/mol. The zero-order valence-electron chi connectivity index (χ0n) is 17.4. The predicted octanol–water partition coefficient (Wildman–Crippen LogP) is 5.56. The van der Waals surface area contributed by atoms with Gasteiger partial charge in [-0.1, -0.05) is 13.8 Å². The molecule has 0 aromatic rings. The molecule has 0 radical (unpaired) electrons. The Hall–Kier alpha value is -0.0800. The van der Waals surface area contributed by atoms with Gasteiger partial charge in [-0.15, -0.1) is 0 Å². The Balaban J connectivity index is 5.22. The summed E-state index contributed by atoms with van der Waals surface area (Å²) in [5, 5.41) is 0. The van der Waals surface area contributed by atoms with E-state index in [1.807, 2.05) is 0 Å². The maximum Gasteiger partial charge on any atom is 0.0173 e. The molecule has 0 bridgehead atoms. The topological polar surface area (TPSA) is 6.48 Å². The van der Waals surface area contributed by atoms with Crippen molar-refractivity contribution < 1.29 is 0 Å². The number of hydrogen-bond acceptors (Lipinski definition) is 2. The van der Waals surface area contributed by atoms with Crippen molar-refractivity contribution in [2.45, 2.75) is 131 Å². The zero-order valence-corrected chi connectivity index (χ0v) is 17.4. The Morgan fingerprint density at radius 1 is 0.727 bits per heavy atom. The van der Waals surface area contributed by atoms with E-state index in [2.05, 4.69) is 86.0 Å². The quantitative estimate of drug-likeness (QED) is 0.521. The van der Waals surface area contributed by atoms with E-state index in [1.54, 1.807) is 0 Å². The highest BCUT2D eigenvalue weighted by Crippen LogP contribution is 2.29. The zero-order chi connectivity index (χ0) is 17.7. The molecule has 0 aromatic heterocycles. The lowest BCUT2D eigenvalue weighted by molar-refractivity contribution is 0.00634. The second-order valence-corrected chi connectivity index (χ2v) is 8.47. The van der Waals surface area contributed by atoms with E-state index < -0.39 is 0 Å². The molecular formula is C20H44N2. The molecule has 0 aliphatic rings. The van der Waals surface area contributed by atoms with Gasteiger partial charge in [0, 0.05) is 35.7 Å². The van der Waals surface area contributed by atoms with Gasteiger partial charge in [0.15, 0.2) is 0 Å². The van der Waals surface area contributed by atoms with Crippen LogP contribution in [0.25, 0.3) is 0 Å². The standard InChI is InChI=1S/C20H44N2/c1-12-19(13-2)21(15(3)4)18(9)14-20(10,11)22(16(5)6)17(7)8/h15-19H,12-14H2,1-11H3. The molecule has 0 heterocycles. The maximum atomic E-state index is 2.75. The Morgan fingerprint density at radius 3 is 1.41 bits per heavy atom. The van der Waals surface area contributed by atoms with Crippen LogP contribution in [0.1, 0.15) is 95.4 Å². The third-order valence-electron chi connectivity index (χ3n) is 5.08. The lowest BCUT2D eigenvalue weighted by Crippen LogP contribution is -2.56. The first kappa shape index (κ1) is 21.9. The van der Waals surface area contributed by atoms with Crippen LogP contribution in [0, 0.1) is 0 Å². The molecule has 1 unspecified atom stereocenters. The SMILES string of the molecule is CCC(CC)N(C(C)C)C(C)CC(C)(C)N(C(C)C)C(C)C. The van der Waals surface area contributed by atoms with Gasteiger partial charge in [-0.05, 0) is 81.6 Å². The van der Waals surface area contributed by atoms with E-state index >= 15 is 0 Å². The van der Waals surface area contributed by atoms with Gasteiger partial charge >= 0.3 is 0 Å². The molecule has 0 rings (SSSR count). The first-order chi connectivity index (χ1) is 9.99. The fraction of sp³-hybridized carbons (Fsp3) is 1.00. The van der Waals surface area contributed by atoms with Crippen molar-refractivity contribution in [1.82, 2.24) is 9.80 Å². The van der Waals surface area contributed by atoms with Crippen molar-refractivity contribution in [2.75, 3.05) is 0 Å². The number of nitrogens with zero attached hydrogens (tertiary/aromatic N) is 2. The predicted molar refractivity (Wildman–Crippen MR) is 102 cm³/mol. The lowest BCUT2D eigenvalue weighted by Gasteiger charge is -2.48. The second-order valence-electron chi connectivity index (χ2n) is 8.47. The van der Waals surface area contributed by atoms with Gasteiger partial charge in [0.05, 0.1) is 0 Å². The Bertz CT molecular complexity index is 282. The highest BCUT2D eigenvalue weighted by atomic mass is 15.3. The minimum absolute atomic E-state index is 0.223. The maximum absolute atomic E-state index is 2.75. The summed E-state index contributed by atoms with van der Waals surface area (Å²) in [4.78, 5) is 5.43. The van der Waals surface area contributed by atoms with Crippen LogP contribution in [0.3, 0.4) is 0 Å². The lowest BCUT2D eigenvalue weighted by atomic mass is 9.89. The molecule has 0 fully saturated rings. The molecule has 134 valence electrons. The summed E-state index contributed by atoms with van der Waals surface area (Å²) in [7, 11) is 0. The fourth-order valence-electron chi connectivity index (χ4n) is 4.93. The highest BCUT2D eigenvalue weighted by molar-refractivity contribution is 4.91. The molecule has 0 spiro atoms. The summed E-state index contributed by atoms with van der Waals surface area (Å²) in [5.74, 6) is 0. The van der Waals surface area contributed by atoms with Crippen molar-refractivity contribution >= 4 is 0 Å². The van der Waals surface area contributed by atoms with Crippen LogP contribution < -0.4 is 0 Å². The average Bonchev–Trinajstić information content (AvgIpc) is 2.32. The monoisotopic (exact) mass is 312 g/mol. The van der Waals surface area contributed by atoms with E-state index in [4.69, 9.17) is 0 Å². The van der Waals surface area contributed by atoms with E-state index in [0.717, 1.165) is 0 Å². The highest BCUT2D eigenvalue weighted by Gasteiger charge is 2.35. The summed E-state index contributed by atoms with van der Waals surface area (Å²) in [6.07, 6.45) is 3.72. The van der Waals surface area contributed by atoms with Crippen LogP contribution in [-0.4, -0.2) is 45.5 Å². The van der Waals surface area contributed by atoms with Gasteiger partial charge in [-0.25, -0.2) is 0 Å². The minimum Gasteiger partial charge on any atom is -0.295 e. The summed E-state index contributed by atoms with van der Waals surface area (Å²) in [5.41, 5.74) is 0.223. The summed E-state index contributed by atoms with van der Waals surface area (Å²) in [6, 6.07) is 3.10. The van der Waals surface area contributed by atoms with Crippen molar-refractivity contribution in [3.8, 4) is 0 Å². The molecule has 0 amide bonds. The molecule has 0 N–H and O–H groups in total. The minimum atomic E-state index is 0.223. The van der Waals surface area contributed by atoms with Crippen molar-refractivity contribution in [2.24, 2.45) is 0 Å². The van der Waals surface area contributed by atoms with Gasteiger partial charge < -0.3 is 0 Å². The van der Waals surface area contributed by atoms with E-state index in [9.17, 15) is 0 Å². The first-order valence-electron chi connectivity index (χ1n) is 9.55. The summed E-state index contributed by atoms with van der Waals surface area (Å²) in [6.45, 7) is 26.0. The molecular weight excluding hydrogens is 268 g/mol. The number of hydrogen-bond donors (Lipinski definition) is 0. The number of rotatable bonds is 10. The second kappa shape index (κ2) is 9.27. The van der Waals surface area contributed by atoms with Gasteiger partial charge in [0.25, 0.3) is 0 Å². The Morgan fingerprint density at radius 2 is 1.14 bits per heavy atom. The van der Waals surface area contributed by atoms with E-state index in [-0.39, 0.29) is 5.54 Å². The normalized spacial score (nSPS) is 15.1. The van der Waals surface area contributed by atoms with Gasteiger partial charge in [-0.2, -0.15) is 0 Å². The largest absolute Gasteiger partial charge is 0.295 e. The van der Waals surface area contributed by atoms with Gasteiger partial charge in [0.1, 0.15) is 0 Å². The molecule has 1 atom stereocenters. The summed E-state index contributed by atoms with van der Waals surface area (Å²) >= 11 is 0. The molecule has 2 heteroatoms. The van der Waals surface area contributed by atoms with Crippen molar-refractivity contribution in [3.63, 3.8) is 0 Å². The van der Waals surface area contributed by atoms with E-state index in [1.165, 1.54) is 19.3 Å². The molecule has 22 heavy (non-hydrogen) atoms. The fourth-order valence-corrected chi connectivity index (χ4v) is 4.93. The molecule has 0 aliphatic carbocycles. The van der Waals surface area contributed by atoms with Crippen LogP contribution >= 0.6 is 0 Å². The molecule has 0 aromatic carbocycles. The Labute approximate surface area is 141 Å². The van der Waals surface area contributed by atoms with Crippen LogP contribution in [0.15, 0.2) is 0 Å². The third kappa shape index (κ3) is 5.85. The van der Waals surface area contributed by atoms with Crippen LogP contribution in [-0.2, 0) is 0 Å². The Kier molecular flexibility index (Phi) is 9.24. The van der Waals surface area contributed by atoms with Gasteiger partial charge in [-0.3, -0.25) is 9.80 Å². The first-order valence-corrected chi connectivity index (χ1v) is 9.55. The van der Waals surface area contributed by atoms with Crippen LogP contribution in [0.4, 0.5) is 0 Å². The molecule has 0 saturated carbocycles. The molecule has 2 nitrogen and oxygen atoms in total. The van der Waals surface area contributed by atoms with Crippen molar-refractivity contribution in [3.05, 3.63) is 0 Å². The third-order valence-corrected chi connectivity index (χ3v) is 5.08. The van der Waals surface area contributed by atoms with Crippen LogP contribution in [0.5, 0.6) is 0 Å².